The molecule has 70 valence electrons. The average molecular weight is 202 g/mol. The number of thiophene rings is 1. The maximum atomic E-state index is 4.42. The smallest absolute Gasteiger partial charge is 0.138 e. The van der Waals surface area contributed by atoms with Crippen molar-refractivity contribution in [3.63, 3.8) is 0 Å². The fourth-order valence-corrected chi connectivity index (χ4v) is 2.71. The third-order valence-electron chi connectivity index (χ3n) is 2.33. The van der Waals surface area contributed by atoms with Crippen LogP contribution in [0, 0.1) is 0 Å². The van der Waals surface area contributed by atoms with E-state index in [0.29, 0.717) is 0 Å². The van der Waals surface area contributed by atoms with Gasteiger partial charge in [0, 0.05) is 11.2 Å². The number of benzene rings is 1. The second-order valence-corrected chi connectivity index (χ2v) is 4.39. The van der Waals surface area contributed by atoms with Gasteiger partial charge in [-0.15, -0.1) is 11.3 Å². The Morgan fingerprint density at radius 3 is 3.00 bits per heavy atom. The highest BCUT2D eigenvalue weighted by Crippen LogP contribution is 2.25. The highest BCUT2D eigenvalue weighted by molar-refractivity contribution is 7.20. The fraction of sp³-hybridized carbons (Fsp3) is 0.182. The van der Waals surface area contributed by atoms with Crippen LogP contribution in [-0.2, 0) is 0 Å². The highest BCUT2D eigenvalue weighted by Gasteiger charge is 2.10. The van der Waals surface area contributed by atoms with Crippen molar-refractivity contribution in [1.82, 2.24) is 5.32 Å². The number of rotatable bonds is 1. The Morgan fingerprint density at radius 2 is 2.21 bits per heavy atom. The lowest BCUT2D eigenvalue weighted by atomic mass is 10.2. The molecular weight excluding hydrogens is 192 g/mol. The fourth-order valence-electron chi connectivity index (χ4n) is 1.66. The normalized spacial score (nSPS) is 15.6. The molecule has 0 aliphatic carbocycles. The molecule has 2 aromatic rings. The first kappa shape index (κ1) is 8.00. The quantitative estimate of drug-likeness (QED) is 0.753. The molecule has 1 N–H and O–H groups in total. The first-order chi connectivity index (χ1) is 6.93. The van der Waals surface area contributed by atoms with E-state index in [4.69, 9.17) is 0 Å². The van der Waals surface area contributed by atoms with Gasteiger partial charge < -0.3 is 5.32 Å². The number of hydrogen-bond acceptors (Lipinski definition) is 3. The van der Waals surface area contributed by atoms with Crippen LogP contribution in [0.2, 0.25) is 0 Å². The molecule has 0 fully saturated rings. The van der Waals surface area contributed by atoms with Crippen molar-refractivity contribution in [1.29, 1.82) is 0 Å². The van der Waals surface area contributed by atoms with Crippen molar-refractivity contribution in [3.05, 3.63) is 35.2 Å². The SMILES string of the molecule is c1ccc2sc(C3=NCCN3)cc2c1. The predicted octanol–water partition coefficient (Wildman–Crippen LogP) is 2.25. The summed E-state index contributed by atoms with van der Waals surface area (Å²) in [5, 5.41) is 4.60. The van der Waals surface area contributed by atoms with Gasteiger partial charge in [-0.1, -0.05) is 18.2 Å². The third-order valence-corrected chi connectivity index (χ3v) is 3.46. The first-order valence-electron chi connectivity index (χ1n) is 4.71. The highest BCUT2D eigenvalue weighted by atomic mass is 32.1. The zero-order chi connectivity index (χ0) is 9.38. The van der Waals surface area contributed by atoms with Crippen molar-refractivity contribution in [2.75, 3.05) is 13.1 Å². The van der Waals surface area contributed by atoms with Crippen molar-refractivity contribution in [2.45, 2.75) is 0 Å². The molecule has 1 aliphatic heterocycles. The van der Waals surface area contributed by atoms with Crippen molar-refractivity contribution >= 4 is 27.3 Å². The van der Waals surface area contributed by atoms with Crippen LogP contribution in [0.15, 0.2) is 35.3 Å². The van der Waals surface area contributed by atoms with E-state index in [-0.39, 0.29) is 0 Å². The first-order valence-corrected chi connectivity index (χ1v) is 5.52. The van der Waals surface area contributed by atoms with Crippen LogP contribution in [-0.4, -0.2) is 18.9 Å². The molecule has 2 heterocycles. The Kier molecular flexibility index (Phi) is 1.77. The second kappa shape index (κ2) is 3.10. The van der Waals surface area contributed by atoms with Gasteiger partial charge in [0.05, 0.1) is 11.4 Å². The maximum Gasteiger partial charge on any atom is 0.138 e. The van der Waals surface area contributed by atoms with Gasteiger partial charge in [0.15, 0.2) is 0 Å². The molecule has 2 nitrogen and oxygen atoms in total. The van der Waals surface area contributed by atoms with E-state index in [1.54, 1.807) is 11.3 Å². The van der Waals surface area contributed by atoms with E-state index >= 15 is 0 Å². The number of amidine groups is 1. The van der Waals surface area contributed by atoms with Crippen LogP contribution in [0.1, 0.15) is 4.88 Å². The molecule has 0 amide bonds. The van der Waals surface area contributed by atoms with E-state index < -0.39 is 0 Å². The van der Waals surface area contributed by atoms with Gasteiger partial charge in [-0.3, -0.25) is 4.99 Å². The second-order valence-electron chi connectivity index (χ2n) is 3.31. The van der Waals surface area contributed by atoms with Gasteiger partial charge in [-0.25, -0.2) is 0 Å². The number of nitrogens with one attached hydrogen (secondary N) is 1. The minimum absolute atomic E-state index is 0.906. The zero-order valence-corrected chi connectivity index (χ0v) is 8.47. The van der Waals surface area contributed by atoms with Crippen LogP contribution < -0.4 is 5.32 Å². The van der Waals surface area contributed by atoms with Gasteiger partial charge in [0.1, 0.15) is 5.84 Å². The van der Waals surface area contributed by atoms with Crippen molar-refractivity contribution in [2.24, 2.45) is 4.99 Å². The van der Waals surface area contributed by atoms with Crippen LogP contribution in [0.3, 0.4) is 0 Å². The molecule has 1 aromatic carbocycles. The van der Waals surface area contributed by atoms with E-state index in [2.05, 4.69) is 40.6 Å². The molecule has 14 heavy (non-hydrogen) atoms. The van der Waals surface area contributed by atoms with Crippen molar-refractivity contribution in [3.8, 4) is 0 Å². The Morgan fingerprint density at radius 1 is 1.29 bits per heavy atom. The molecule has 3 rings (SSSR count). The summed E-state index contributed by atoms with van der Waals surface area (Å²) >= 11 is 1.80. The molecule has 0 atom stereocenters. The van der Waals surface area contributed by atoms with E-state index in [1.165, 1.54) is 15.0 Å². The number of nitrogens with zero attached hydrogens (tertiary/aromatic N) is 1. The summed E-state index contributed by atoms with van der Waals surface area (Å²) in [5.74, 6) is 1.06. The Balaban J connectivity index is 2.14. The molecule has 0 bridgehead atoms. The lowest BCUT2D eigenvalue weighted by Gasteiger charge is -1.95. The Bertz CT molecular complexity index is 466. The van der Waals surface area contributed by atoms with Gasteiger partial charge in [-0.2, -0.15) is 0 Å². The predicted molar refractivity (Wildman–Crippen MR) is 61.2 cm³/mol. The molecule has 1 aromatic heterocycles. The van der Waals surface area contributed by atoms with E-state index in [0.717, 1.165) is 18.9 Å². The summed E-state index contributed by atoms with van der Waals surface area (Å²) in [6, 6.07) is 10.6. The molecule has 0 saturated heterocycles. The lowest BCUT2D eigenvalue weighted by molar-refractivity contribution is 0.960. The molecule has 1 aliphatic rings. The minimum atomic E-state index is 0.906. The number of fused-ring (bicyclic) bond motifs is 1. The Labute approximate surface area is 86.3 Å². The topological polar surface area (TPSA) is 24.4 Å². The third kappa shape index (κ3) is 1.21. The molecular formula is C11H10N2S. The largest absolute Gasteiger partial charge is 0.367 e. The summed E-state index contributed by atoms with van der Waals surface area (Å²) in [7, 11) is 0. The van der Waals surface area contributed by atoms with E-state index in [1.807, 2.05) is 0 Å². The van der Waals surface area contributed by atoms with Crippen LogP contribution in [0.25, 0.3) is 10.1 Å². The summed E-state index contributed by atoms with van der Waals surface area (Å²) in [5.41, 5.74) is 0. The Hall–Kier alpha value is -1.35. The number of hydrogen-bond donors (Lipinski definition) is 1. The van der Waals surface area contributed by atoms with Crippen LogP contribution in [0.4, 0.5) is 0 Å². The standard InChI is InChI=1S/C11H10N2S/c1-2-4-9-8(3-1)7-10(14-9)11-12-5-6-13-11/h1-4,7H,5-6H2,(H,12,13). The monoisotopic (exact) mass is 202 g/mol. The average Bonchev–Trinajstić information content (AvgIpc) is 2.86. The lowest BCUT2D eigenvalue weighted by Crippen LogP contribution is -2.18. The molecule has 0 unspecified atom stereocenters. The number of aliphatic imine (C=N–C) groups is 1. The van der Waals surface area contributed by atoms with Crippen LogP contribution >= 0.6 is 11.3 Å². The van der Waals surface area contributed by atoms with Gasteiger partial charge in [0.25, 0.3) is 0 Å². The maximum absolute atomic E-state index is 4.42. The molecule has 0 saturated carbocycles. The van der Waals surface area contributed by atoms with Gasteiger partial charge in [0.2, 0.25) is 0 Å². The summed E-state index contributed by atoms with van der Waals surface area (Å²) in [6.45, 7) is 1.88. The zero-order valence-electron chi connectivity index (χ0n) is 7.66. The van der Waals surface area contributed by atoms with Crippen molar-refractivity contribution < 1.29 is 0 Å². The molecule has 0 spiro atoms. The van der Waals surface area contributed by atoms with Gasteiger partial charge in [-0.05, 0) is 17.5 Å². The van der Waals surface area contributed by atoms with E-state index in [9.17, 15) is 0 Å². The summed E-state index contributed by atoms with van der Waals surface area (Å²) < 4.78 is 1.33. The van der Waals surface area contributed by atoms with Gasteiger partial charge >= 0.3 is 0 Å². The molecule has 3 heteroatoms. The minimum Gasteiger partial charge on any atom is -0.367 e. The summed E-state index contributed by atoms with van der Waals surface area (Å²) in [4.78, 5) is 5.67. The van der Waals surface area contributed by atoms with Crippen LogP contribution in [0.5, 0.6) is 0 Å². The summed E-state index contributed by atoms with van der Waals surface area (Å²) in [6.07, 6.45) is 0. The molecule has 0 radical (unpaired) electrons.